The second kappa shape index (κ2) is 12.6. The zero-order valence-electron chi connectivity index (χ0n) is 31.1. The molecule has 6 rings (SSSR count). The monoisotopic (exact) mass is 641 g/mol. The van der Waals surface area contributed by atoms with Crippen molar-refractivity contribution in [2.45, 2.75) is 158 Å². The highest BCUT2D eigenvalue weighted by Gasteiger charge is 2.70. The number of Topliss-reactive ketones (excluding diaryl/α,β-unsaturated/α-hetero) is 2. The minimum atomic E-state index is -0.775. The maximum atomic E-state index is 13.0. The van der Waals surface area contributed by atoms with E-state index in [4.69, 9.17) is 9.84 Å². The molecule has 6 aliphatic carbocycles. The number of aliphatic carboxylic acids is 1. The number of carbonyl (C=O) groups excluding carboxylic acids is 2. The van der Waals surface area contributed by atoms with Crippen LogP contribution in [-0.2, 0) is 19.1 Å². The third kappa shape index (κ3) is 5.67. The minimum absolute atomic E-state index is 0.114. The lowest BCUT2D eigenvalue weighted by Crippen LogP contribution is -2.66. The summed E-state index contributed by atoms with van der Waals surface area (Å²) in [5.74, 6) is 4.53. The van der Waals surface area contributed by atoms with Crippen molar-refractivity contribution in [3.63, 3.8) is 0 Å². The van der Waals surface area contributed by atoms with Crippen molar-refractivity contribution in [1.29, 1.82) is 0 Å². The van der Waals surface area contributed by atoms with E-state index in [9.17, 15) is 14.4 Å². The Morgan fingerprint density at radius 2 is 1.50 bits per heavy atom. The van der Waals surface area contributed by atoms with E-state index in [1.807, 2.05) is 7.11 Å². The number of hydrogen-bond acceptors (Lipinski definition) is 4. The first-order chi connectivity index (χ1) is 21.4. The van der Waals surface area contributed by atoms with Gasteiger partial charge in [0.15, 0.2) is 0 Å². The number of carboxylic acid groups (broad SMARTS) is 1. The topological polar surface area (TPSA) is 80.7 Å². The van der Waals surface area contributed by atoms with Crippen LogP contribution in [0.3, 0.4) is 0 Å². The van der Waals surface area contributed by atoms with Crippen molar-refractivity contribution < 1.29 is 24.2 Å². The number of hydrogen-bond donors (Lipinski definition) is 1. The lowest BCUT2D eigenvalue weighted by Gasteiger charge is -2.72. The van der Waals surface area contributed by atoms with Crippen LogP contribution < -0.4 is 0 Å². The molecule has 6 aliphatic rings. The van der Waals surface area contributed by atoms with E-state index in [2.05, 4.69) is 48.5 Å². The van der Waals surface area contributed by atoms with Gasteiger partial charge in [0, 0.05) is 25.4 Å². The van der Waals surface area contributed by atoms with Gasteiger partial charge in [0.05, 0.1) is 13.0 Å². The summed E-state index contributed by atoms with van der Waals surface area (Å²) in [5.41, 5.74) is 1.23. The number of carbonyl (C=O) groups is 3. The first-order valence-corrected chi connectivity index (χ1v) is 19.1. The highest BCUT2D eigenvalue weighted by atomic mass is 16.5. The quantitative estimate of drug-likeness (QED) is 0.300. The van der Waals surface area contributed by atoms with Gasteiger partial charge in [-0.25, -0.2) is 0 Å². The number of methoxy groups -OCH3 is 1. The van der Waals surface area contributed by atoms with Gasteiger partial charge in [-0.3, -0.25) is 9.59 Å². The molecule has 0 saturated heterocycles. The zero-order valence-corrected chi connectivity index (χ0v) is 31.1. The predicted octanol–water partition coefficient (Wildman–Crippen LogP) is 9.94. The van der Waals surface area contributed by atoms with Crippen molar-refractivity contribution in [3.05, 3.63) is 0 Å². The molecule has 0 amide bonds. The van der Waals surface area contributed by atoms with E-state index in [-0.39, 0.29) is 23.0 Å². The molecule has 0 aromatic heterocycles. The van der Waals surface area contributed by atoms with Gasteiger partial charge in [-0.05, 0) is 140 Å². The van der Waals surface area contributed by atoms with Crippen molar-refractivity contribution in [1.82, 2.24) is 0 Å². The number of fused-ring (bicyclic) bond motifs is 7. The summed E-state index contributed by atoms with van der Waals surface area (Å²) in [7, 11) is 1.94. The van der Waals surface area contributed by atoms with Gasteiger partial charge in [-0.1, -0.05) is 61.3 Å². The average Bonchev–Trinajstić information content (AvgIpc) is 3.56. The number of ether oxygens (including phenoxy) is 1. The van der Waals surface area contributed by atoms with Crippen LogP contribution in [0.25, 0.3) is 0 Å². The molecular formula is C41H68O5. The Morgan fingerprint density at radius 1 is 0.826 bits per heavy atom. The molecular weight excluding hydrogens is 572 g/mol. The zero-order chi connectivity index (χ0) is 33.9. The Labute approximate surface area is 281 Å². The van der Waals surface area contributed by atoms with E-state index in [0.29, 0.717) is 39.8 Å². The fraction of sp³-hybridized carbons (Fsp3) is 0.927. The van der Waals surface area contributed by atoms with Crippen molar-refractivity contribution in [2.24, 2.45) is 68.0 Å². The van der Waals surface area contributed by atoms with E-state index in [1.165, 1.54) is 51.4 Å². The standard InChI is InChI=1S/C31H52O2.C10H16O3/c1-20(2)21-11-16-31(19-33-8)18-17-29(6)22(26(21)31)9-10-24-28(5)14-13-25(32)27(3,4)23(28)12-15-30(24,29)7;1-8(11)6-10(7-9(12)13)4-2-3-5-10/h20-24,26H,9-19H2,1-8H3;2-7H2,1H3,(H,12,13)/t21-,22?,23?,24?,26?,28-,29+,30+,31+;/m0./s1. The number of ketones is 2. The Hall–Kier alpha value is -1.23. The fourth-order valence-electron chi connectivity index (χ4n) is 14.3. The molecule has 1 N–H and O–H groups in total. The summed E-state index contributed by atoms with van der Waals surface area (Å²) >= 11 is 0. The van der Waals surface area contributed by atoms with Crippen LogP contribution in [0, 0.1) is 68.0 Å². The van der Waals surface area contributed by atoms with E-state index in [0.717, 1.165) is 74.7 Å². The van der Waals surface area contributed by atoms with E-state index >= 15 is 0 Å². The summed E-state index contributed by atoms with van der Waals surface area (Å²) in [6.07, 6.45) is 17.4. The first kappa shape index (κ1) is 36.1. The molecule has 0 heterocycles. The van der Waals surface area contributed by atoms with Gasteiger partial charge in [-0.2, -0.15) is 0 Å². The largest absolute Gasteiger partial charge is 0.481 e. The first-order valence-electron chi connectivity index (χ1n) is 19.1. The molecule has 262 valence electrons. The predicted molar refractivity (Wildman–Crippen MR) is 184 cm³/mol. The second-order valence-electron chi connectivity index (χ2n) is 19.2. The maximum absolute atomic E-state index is 13.0. The third-order valence-corrected chi connectivity index (χ3v) is 16.5. The number of rotatable bonds is 7. The van der Waals surface area contributed by atoms with Gasteiger partial charge >= 0.3 is 5.97 Å². The molecule has 0 radical (unpaired) electrons. The van der Waals surface area contributed by atoms with Crippen molar-refractivity contribution in [3.8, 4) is 0 Å². The SMILES string of the molecule is CC(=O)CC1(CC(=O)O)CCCC1.COC[C@]12CC[C@@H](C(C)C)C1C1CCC3[C@@]4(C)CCC(=O)C(C)(C)C4CC[C@@]3(C)[C@]1(C)CC2. The van der Waals surface area contributed by atoms with Gasteiger partial charge in [-0.15, -0.1) is 0 Å². The van der Waals surface area contributed by atoms with Crippen molar-refractivity contribution >= 4 is 17.5 Å². The van der Waals surface area contributed by atoms with Gasteiger partial charge in [0.2, 0.25) is 0 Å². The highest BCUT2D eigenvalue weighted by molar-refractivity contribution is 5.85. The van der Waals surface area contributed by atoms with Gasteiger partial charge in [0.1, 0.15) is 11.6 Å². The van der Waals surface area contributed by atoms with Crippen LogP contribution >= 0.6 is 0 Å². The van der Waals surface area contributed by atoms with Crippen LogP contribution in [0.5, 0.6) is 0 Å². The molecule has 0 bridgehead atoms. The van der Waals surface area contributed by atoms with E-state index in [1.54, 1.807) is 6.92 Å². The molecule has 9 atom stereocenters. The van der Waals surface area contributed by atoms with Crippen LogP contribution in [-0.4, -0.2) is 36.4 Å². The van der Waals surface area contributed by atoms with Crippen LogP contribution in [0.2, 0.25) is 0 Å². The molecule has 0 aromatic carbocycles. The normalized spacial score (nSPS) is 43.9. The van der Waals surface area contributed by atoms with Crippen LogP contribution in [0.1, 0.15) is 158 Å². The fourth-order valence-corrected chi connectivity index (χ4v) is 14.3. The lowest BCUT2D eigenvalue weighted by molar-refractivity contribution is -0.238. The summed E-state index contributed by atoms with van der Waals surface area (Å²) < 4.78 is 5.95. The van der Waals surface area contributed by atoms with Crippen molar-refractivity contribution in [2.75, 3.05) is 13.7 Å². The van der Waals surface area contributed by atoms with Gasteiger partial charge in [0.25, 0.3) is 0 Å². The summed E-state index contributed by atoms with van der Waals surface area (Å²) in [5, 5.41) is 8.74. The van der Waals surface area contributed by atoms with Crippen LogP contribution in [0.4, 0.5) is 0 Å². The molecule has 5 heteroatoms. The minimum Gasteiger partial charge on any atom is -0.481 e. The number of carboxylic acids is 1. The third-order valence-electron chi connectivity index (χ3n) is 16.5. The molecule has 0 aromatic rings. The van der Waals surface area contributed by atoms with E-state index < -0.39 is 5.97 Å². The Kier molecular flexibility index (Phi) is 9.86. The Balaban J connectivity index is 0.000000270. The molecule has 4 unspecified atom stereocenters. The molecule has 6 saturated carbocycles. The molecule has 0 spiro atoms. The smallest absolute Gasteiger partial charge is 0.303 e. The maximum Gasteiger partial charge on any atom is 0.303 e. The average molecular weight is 641 g/mol. The molecule has 5 nitrogen and oxygen atoms in total. The Morgan fingerprint density at radius 3 is 2.09 bits per heavy atom. The lowest BCUT2D eigenvalue weighted by atomic mass is 9.32. The second-order valence-corrected chi connectivity index (χ2v) is 19.2. The summed E-state index contributed by atoms with van der Waals surface area (Å²) in [6, 6.07) is 0. The summed E-state index contributed by atoms with van der Waals surface area (Å²) in [6.45, 7) is 20.1. The molecule has 6 fully saturated rings. The van der Waals surface area contributed by atoms with Gasteiger partial charge < -0.3 is 14.6 Å². The molecule has 0 aliphatic heterocycles. The summed E-state index contributed by atoms with van der Waals surface area (Å²) in [4.78, 5) is 34.6. The van der Waals surface area contributed by atoms with Crippen LogP contribution in [0.15, 0.2) is 0 Å². The Bertz CT molecular complexity index is 1150. The highest BCUT2D eigenvalue weighted by Crippen LogP contribution is 2.77. The molecule has 46 heavy (non-hydrogen) atoms.